The summed E-state index contributed by atoms with van der Waals surface area (Å²) in [5, 5.41) is 10.5. The molecule has 0 nitrogen and oxygen atoms in total. The number of benzene rings is 10. The Kier molecular flexibility index (Phi) is 6.40. The Bertz CT molecular complexity index is 3050. The average Bonchev–Trinajstić information content (AvgIpc) is 3.44. The van der Waals surface area contributed by atoms with E-state index < -0.39 is 0 Å². The SMILES string of the molecule is CC1(C)c2cc(-c3ccc(-c4cccc(-c5ccc6ccc7cccc8ccc5c6c78)c4)cc3)ccc2-c2ccc(-c3cccc4ccccc34)cc21. The molecule has 0 radical (unpaired) electrons. The highest BCUT2D eigenvalue weighted by Crippen LogP contribution is 2.51. The Labute approximate surface area is 310 Å². The predicted molar refractivity (Wildman–Crippen MR) is 227 cm³/mol. The van der Waals surface area contributed by atoms with Gasteiger partial charge in [-0.25, -0.2) is 0 Å². The van der Waals surface area contributed by atoms with Crippen LogP contribution in [-0.2, 0) is 5.41 Å². The maximum absolute atomic E-state index is 2.43. The summed E-state index contributed by atoms with van der Waals surface area (Å²) in [4.78, 5) is 0. The van der Waals surface area contributed by atoms with E-state index >= 15 is 0 Å². The van der Waals surface area contributed by atoms with Gasteiger partial charge in [-0.15, -0.1) is 0 Å². The zero-order chi connectivity index (χ0) is 35.3. The van der Waals surface area contributed by atoms with Gasteiger partial charge in [0.1, 0.15) is 0 Å². The van der Waals surface area contributed by atoms with E-state index in [1.54, 1.807) is 0 Å². The first-order chi connectivity index (χ1) is 26.0. The molecule has 1 aliphatic rings. The van der Waals surface area contributed by atoms with E-state index in [2.05, 4.69) is 196 Å². The highest BCUT2D eigenvalue weighted by molar-refractivity contribution is 6.25. The van der Waals surface area contributed by atoms with E-state index in [0.717, 1.165) is 0 Å². The van der Waals surface area contributed by atoms with Crippen LogP contribution in [-0.4, -0.2) is 0 Å². The Hall–Kier alpha value is -6.50. The van der Waals surface area contributed by atoms with Crippen LogP contribution in [0.15, 0.2) is 182 Å². The Morgan fingerprint density at radius 3 is 1.53 bits per heavy atom. The third kappa shape index (κ3) is 4.55. The van der Waals surface area contributed by atoms with Crippen molar-refractivity contribution in [1.82, 2.24) is 0 Å². The van der Waals surface area contributed by atoms with Crippen molar-refractivity contribution in [2.45, 2.75) is 19.3 Å². The molecule has 0 saturated carbocycles. The van der Waals surface area contributed by atoms with E-state index in [4.69, 9.17) is 0 Å². The van der Waals surface area contributed by atoms with Crippen LogP contribution in [0.3, 0.4) is 0 Å². The lowest BCUT2D eigenvalue weighted by Crippen LogP contribution is -2.15. The molecule has 0 N–H and O–H groups in total. The van der Waals surface area contributed by atoms with E-state index in [1.165, 1.54) is 110 Å². The molecule has 0 fully saturated rings. The van der Waals surface area contributed by atoms with Crippen molar-refractivity contribution in [1.29, 1.82) is 0 Å². The van der Waals surface area contributed by atoms with Gasteiger partial charge >= 0.3 is 0 Å². The first kappa shape index (κ1) is 30.2. The Balaban J connectivity index is 0.922. The molecule has 10 aromatic rings. The molecule has 1 aliphatic carbocycles. The summed E-state index contributed by atoms with van der Waals surface area (Å²) in [6.07, 6.45) is 0. The molecule has 53 heavy (non-hydrogen) atoms. The summed E-state index contributed by atoms with van der Waals surface area (Å²) in [7, 11) is 0. The monoisotopic (exact) mass is 672 g/mol. The lowest BCUT2D eigenvalue weighted by atomic mass is 9.80. The van der Waals surface area contributed by atoms with Gasteiger partial charge in [-0.1, -0.05) is 178 Å². The Morgan fingerprint density at radius 1 is 0.283 bits per heavy atom. The zero-order valence-corrected chi connectivity index (χ0v) is 29.8. The number of fused-ring (bicyclic) bond motifs is 4. The van der Waals surface area contributed by atoms with Gasteiger partial charge in [-0.2, -0.15) is 0 Å². The summed E-state index contributed by atoms with van der Waals surface area (Å²) in [6, 6.07) is 67.9. The van der Waals surface area contributed by atoms with Gasteiger partial charge in [0.25, 0.3) is 0 Å². The topological polar surface area (TPSA) is 0 Å². The summed E-state index contributed by atoms with van der Waals surface area (Å²) in [5.74, 6) is 0. The van der Waals surface area contributed by atoms with E-state index in [-0.39, 0.29) is 5.41 Å². The number of hydrogen-bond acceptors (Lipinski definition) is 0. The van der Waals surface area contributed by atoms with Gasteiger partial charge in [0.15, 0.2) is 0 Å². The minimum Gasteiger partial charge on any atom is -0.0616 e. The molecule has 0 spiro atoms. The van der Waals surface area contributed by atoms with Crippen molar-refractivity contribution >= 4 is 43.1 Å². The first-order valence-corrected chi connectivity index (χ1v) is 18.7. The highest BCUT2D eigenvalue weighted by atomic mass is 14.4. The van der Waals surface area contributed by atoms with E-state index in [9.17, 15) is 0 Å². The molecule has 0 amide bonds. The number of hydrogen-bond donors (Lipinski definition) is 0. The summed E-state index contributed by atoms with van der Waals surface area (Å²) < 4.78 is 0. The fourth-order valence-electron chi connectivity index (χ4n) is 9.27. The molecular weight excluding hydrogens is 637 g/mol. The van der Waals surface area contributed by atoms with Gasteiger partial charge < -0.3 is 0 Å². The molecule has 0 unspecified atom stereocenters. The van der Waals surface area contributed by atoms with Gasteiger partial charge in [0, 0.05) is 5.41 Å². The van der Waals surface area contributed by atoms with Crippen LogP contribution in [0.4, 0.5) is 0 Å². The third-order valence-corrected chi connectivity index (χ3v) is 12.0. The van der Waals surface area contributed by atoms with Crippen molar-refractivity contribution in [2.75, 3.05) is 0 Å². The second-order valence-corrected chi connectivity index (χ2v) is 15.3. The van der Waals surface area contributed by atoms with Gasteiger partial charge in [-0.05, 0) is 128 Å². The van der Waals surface area contributed by atoms with Gasteiger partial charge in [-0.3, -0.25) is 0 Å². The van der Waals surface area contributed by atoms with Crippen LogP contribution < -0.4 is 0 Å². The summed E-state index contributed by atoms with van der Waals surface area (Å²) in [5.41, 5.74) is 15.4. The van der Waals surface area contributed by atoms with Crippen molar-refractivity contribution in [3.05, 3.63) is 193 Å². The van der Waals surface area contributed by atoms with Gasteiger partial charge in [0.2, 0.25) is 0 Å². The summed E-state index contributed by atoms with van der Waals surface area (Å²) >= 11 is 0. The molecule has 0 saturated heterocycles. The van der Waals surface area contributed by atoms with Crippen LogP contribution in [0.25, 0.3) is 98.7 Å². The molecule has 248 valence electrons. The normalized spacial score (nSPS) is 13.2. The van der Waals surface area contributed by atoms with Crippen LogP contribution in [0.1, 0.15) is 25.0 Å². The minimum absolute atomic E-state index is 0.104. The van der Waals surface area contributed by atoms with Gasteiger partial charge in [0.05, 0.1) is 0 Å². The molecular formula is C53H36. The molecule has 0 aliphatic heterocycles. The second kappa shape index (κ2) is 11.2. The third-order valence-electron chi connectivity index (χ3n) is 12.0. The molecule has 0 atom stereocenters. The largest absolute Gasteiger partial charge is 0.0616 e. The lowest BCUT2D eigenvalue weighted by Gasteiger charge is -2.23. The molecule has 0 bridgehead atoms. The lowest BCUT2D eigenvalue weighted by molar-refractivity contribution is 0.661. The van der Waals surface area contributed by atoms with Crippen LogP contribution in [0.2, 0.25) is 0 Å². The smallest absolute Gasteiger partial charge is 0.0159 e. The fraction of sp³-hybridized carbons (Fsp3) is 0.0566. The Morgan fingerprint density at radius 2 is 0.755 bits per heavy atom. The van der Waals surface area contributed by atoms with E-state index in [1.807, 2.05) is 0 Å². The van der Waals surface area contributed by atoms with E-state index in [0.29, 0.717) is 0 Å². The summed E-state index contributed by atoms with van der Waals surface area (Å²) in [6.45, 7) is 4.76. The fourth-order valence-corrected chi connectivity index (χ4v) is 9.27. The molecule has 0 heteroatoms. The average molecular weight is 673 g/mol. The predicted octanol–water partition coefficient (Wildman–Crippen LogP) is 14.7. The standard InChI is InChI=1S/C53H36/c1-53(2)49-31-40(24-27-46(49)47-28-25-42(32-50(47)53)44-15-7-9-35-8-3-4-14-43(35)44)34-18-16-33(17-19-34)39-12-6-13-41(30-39)45-26-22-38-21-20-36-10-5-11-37-23-29-48(45)52(38)51(36)37/h3-32H,1-2H3. The maximum Gasteiger partial charge on any atom is 0.0159 e. The molecule has 10 aromatic carbocycles. The van der Waals surface area contributed by atoms with Crippen molar-refractivity contribution < 1.29 is 0 Å². The molecule has 11 rings (SSSR count). The zero-order valence-electron chi connectivity index (χ0n) is 29.8. The van der Waals surface area contributed by atoms with Crippen LogP contribution >= 0.6 is 0 Å². The second-order valence-electron chi connectivity index (χ2n) is 15.3. The number of rotatable bonds is 4. The van der Waals surface area contributed by atoms with Crippen LogP contribution in [0, 0.1) is 0 Å². The molecule has 0 aromatic heterocycles. The van der Waals surface area contributed by atoms with Crippen LogP contribution in [0.5, 0.6) is 0 Å². The quantitative estimate of drug-likeness (QED) is 0.163. The van der Waals surface area contributed by atoms with Crippen molar-refractivity contribution in [2.24, 2.45) is 0 Å². The van der Waals surface area contributed by atoms with Crippen molar-refractivity contribution in [3.63, 3.8) is 0 Å². The first-order valence-electron chi connectivity index (χ1n) is 18.7. The van der Waals surface area contributed by atoms with Crippen molar-refractivity contribution in [3.8, 4) is 55.6 Å². The molecule has 0 heterocycles. The minimum atomic E-state index is -0.104. The highest BCUT2D eigenvalue weighted by Gasteiger charge is 2.36. The maximum atomic E-state index is 2.43.